The average molecular weight is 522 g/mol. The lowest BCUT2D eigenvalue weighted by Crippen LogP contribution is -2.54. The Bertz CT molecular complexity index is 1390. The van der Waals surface area contributed by atoms with Crippen molar-refractivity contribution in [3.63, 3.8) is 0 Å². The highest BCUT2D eigenvalue weighted by atomic mass is 19.4. The van der Waals surface area contributed by atoms with Gasteiger partial charge in [0.15, 0.2) is 11.5 Å². The van der Waals surface area contributed by atoms with Crippen LogP contribution in [0.15, 0.2) is 67.0 Å². The van der Waals surface area contributed by atoms with Crippen molar-refractivity contribution in [2.24, 2.45) is 0 Å². The van der Waals surface area contributed by atoms with Crippen molar-refractivity contribution in [1.29, 1.82) is 0 Å². The summed E-state index contributed by atoms with van der Waals surface area (Å²) in [5, 5.41) is 3.40. The van der Waals surface area contributed by atoms with Crippen LogP contribution in [0.5, 0.6) is 11.5 Å². The number of alkyl halides is 6. The molecule has 0 bridgehead atoms. The number of nitrogens with two attached hydrogens (primary N) is 1. The number of aromatic nitrogens is 2. The minimum atomic E-state index is -5.70. The van der Waals surface area contributed by atoms with Crippen molar-refractivity contribution in [2.75, 3.05) is 25.3 Å². The molecule has 0 radical (unpaired) electrons. The molecule has 3 N–H and O–H groups in total. The molecule has 0 saturated heterocycles. The van der Waals surface area contributed by atoms with Crippen molar-refractivity contribution in [3.8, 4) is 11.5 Å². The van der Waals surface area contributed by atoms with E-state index in [9.17, 15) is 26.3 Å². The number of halogens is 6. The second-order valence-electron chi connectivity index (χ2n) is 8.02. The average Bonchev–Trinajstić information content (AvgIpc) is 2.84. The summed E-state index contributed by atoms with van der Waals surface area (Å²) >= 11 is 0. The van der Waals surface area contributed by atoms with Crippen LogP contribution in [0.1, 0.15) is 11.1 Å². The number of ether oxygens (including phenoxy) is 2. The van der Waals surface area contributed by atoms with Gasteiger partial charge in [-0.1, -0.05) is 24.3 Å². The van der Waals surface area contributed by atoms with Crippen LogP contribution in [0.4, 0.5) is 43.5 Å². The smallest absolute Gasteiger partial charge is 0.411 e. The highest BCUT2D eigenvalue weighted by molar-refractivity contribution is 5.93. The van der Waals surface area contributed by atoms with Gasteiger partial charge in [0, 0.05) is 22.8 Å². The molecule has 0 aliphatic heterocycles. The third-order valence-corrected chi connectivity index (χ3v) is 5.92. The molecule has 0 unspecified atom stereocenters. The molecule has 1 heterocycles. The zero-order valence-electron chi connectivity index (χ0n) is 19.4. The second-order valence-corrected chi connectivity index (χ2v) is 8.02. The Morgan fingerprint density at radius 1 is 0.730 bits per heavy atom. The van der Waals surface area contributed by atoms with Gasteiger partial charge in [0.05, 0.1) is 19.7 Å². The molecule has 0 spiro atoms. The maximum absolute atomic E-state index is 14.3. The molecule has 0 fully saturated rings. The molecule has 12 heteroatoms. The molecular weight excluding hydrogens is 502 g/mol. The third-order valence-electron chi connectivity index (χ3n) is 5.92. The number of nitrogens with one attached hydrogen (secondary N) is 1. The quantitative estimate of drug-likeness (QED) is 0.226. The van der Waals surface area contributed by atoms with Gasteiger partial charge in [-0.15, -0.1) is 0 Å². The predicted molar refractivity (Wildman–Crippen MR) is 126 cm³/mol. The Labute approximate surface area is 207 Å². The van der Waals surface area contributed by atoms with E-state index in [1.54, 1.807) is 12.1 Å². The summed E-state index contributed by atoms with van der Waals surface area (Å²) in [4.78, 5) is 8.31. The number of benzene rings is 3. The molecule has 6 nitrogen and oxygen atoms in total. The number of nitrogens with zero attached hydrogens (tertiary/aromatic N) is 2. The van der Waals surface area contributed by atoms with Gasteiger partial charge in [-0.2, -0.15) is 26.3 Å². The highest BCUT2D eigenvalue weighted by Gasteiger charge is 2.72. The molecule has 4 rings (SSSR count). The fraction of sp³-hybridized carbons (Fsp3) is 0.200. The van der Waals surface area contributed by atoms with Crippen LogP contribution in [0.2, 0.25) is 0 Å². The van der Waals surface area contributed by atoms with E-state index in [4.69, 9.17) is 15.2 Å². The number of hydrogen-bond acceptors (Lipinski definition) is 6. The normalized spacial score (nSPS) is 12.4. The number of rotatable bonds is 6. The minimum absolute atomic E-state index is 0.0351. The van der Waals surface area contributed by atoms with Crippen molar-refractivity contribution in [1.82, 2.24) is 9.97 Å². The van der Waals surface area contributed by atoms with E-state index >= 15 is 0 Å². The Hall–Kier alpha value is -4.22. The Kier molecular flexibility index (Phi) is 6.53. The maximum atomic E-state index is 14.3. The van der Waals surface area contributed by atoms with Gasteiger partial charge in [-0.3, -0.25) is 0 Å². The topological polar surface area (TPSA) is 82.3 Å². The number of methoxy groups -OCH3 is 2. The van der Waals surface area contributed by atoms with E-state index in [2.05, 4.69) is 15.3 Å². The summed E-state index contributed by atoms with van der Waals surface area (Å²) in [6.07, 6.45) is -10.1. The van der Waals surface area contributed by atoms with E-state index in [0.717, 1.165) is 48.5 Å². The first-order valence-corrected chi connectivity index (χ1v) is 10.7. The molecule has 3 aromatic carbocycles. The van der Waals surface area contributed by atoms with Crippen molar-refractivity contribution in [3.05, 3.63) is 78.1 Å². The van der Waals surface area contributed by atoms with E-state index in [1.165, 1.54) is 20.5 Å². The molecule has 194 valence electrons. The standard InChI is InChI=1S/C25H20F6N4O2/c1-36-20-11-18-19(12-21(20)37-2)33-13-34-22(18)35-17-9-5-15(6-10-17)23(24(26,27)28,25(29,30)31)14-3-7-16(32)8-4-14/h3-13H,32H2,1-2H3,(H,33,34,35). The third kappa shape index (κ3) is 4.43. The number of hydrogen-bond donors (Lipinski definition) is 2. The largest absolute Gasteiger partial charge is 0.493 e. The Morgan fingerprint density at radius 2 is 1.24 bits per heavy atom. The monoisotopic (exact) mass is 522 g/mol. The summed E-state index contributed by atoms with van der Waals surface area (Å²) in [5.74, 6) is 1.06. The van der Waals surface area contributed by atoms with Crippen LogP contribution in [0, 0.1) is 0 Å². The van der Waals surface area contributed by atoms with Gasteiger partial charge < -0.3 is 20.5 Å². The van der Waals surface area contributed by atoms with E-state index < -0.39 is 28.9 Å². The number of fused-ring (bicyclic) bond motifs is 1. The lowest BCUT2D eigenvalue weighted by Gasteiger charge is -2.38. The summed E-state index contributed by atoms with van der Waals surface area (Å²) in [6, 6.07) is 10.5. The van der Waals surface area contributed by atoms with Crippen LogP contribution in [0.25, 0.3) is 10.9 Å². The first-order chi connectivity index (χ1) is 17.4. The molecule has 1 aromatic heterocycles. The van der Waals surface area contributed by atoms with Gasteiger partial charge in [-0.05, 0) is 41.5 Å². The SMILES string of the molecule is COc1cc2ncnc(Nc3ccc(C(c4ccc(N)cc4)(C(F)(F)F)C(F)(F)F)cc3)c2cc1OC. The lowest BCUT2D eigenvalue weighted by molar-refractivity contribution is -0.288. The van der Waals surface area contributed by atoms with E-state index in [-0.39, 0.29) is 17.2 Å². The summed E-state index contributed by atoms with van der Waals surface area (Å²) in [6.45, 7) is 0. The number of nitrogen functional groups attached to an aromatic ring is 1. The molecule has 0 amide bonds. The fourth-order valence-corrected chi connectivity index (χ4v) is 4.14. The van der Waals surface area contributed by atoms with Gasteiger partial charge in [0.2, 0.25) is 5.41 Å². The van der Waals surface area contributed by atoms with Crippen molar-refractivity contribution in [2.45, 2.75) is 17.8 Å². The summed E-state index contributed by atoms with van der Waals surface area (Å²) < 4.78 is 96.3. The molecule has 0 atom stereocenters. The highest BCUT2D eigenvalue weighted by Crippen LogP contribution is 2.56. The molecular formula is C25H20F6N4O2. The summed E-state index contributed by atoms with van der Waals surface area (Å²) in [5.41, 5.74) is -0.0486. The zero-order valence-corrected chi connectivity index (χ0v) is 19.4. The lowest BCUT2D eigenvalue weighted by atomic mass is 9.73. The van der Waals surface area contributed by atoms with Crippen molar-refractivity contribution < 1.29 is 35.8 Å². The first kappa shape index (κ1) is 25.9. The van der Waals surface area contributed by atoms with Crippen LogP contribution < -0.4 is 20.5 Å². The molecule has 37 heavy (non-hydrogen) atoms. The van der Waals surface area contributed by atoms with Crippen LogP contribution >= 0.6 is 0 Å². The van der Waals surface area contributed by atoms with Gasteiger partial charge in [0.1, 0.15) is 12.1 Å². The molecule has 4 aromatic rings. The Balaban J connectivity index is 1.79. The molecule has 0 aliphatic rings. The minimum Gasteiger partial charge on any atom is -0.493 e. The Morgan fingerprint density at radius 3 is 1.76 bits per heavy atom. The fourth-order valence-electron chi connectivity index (χ4n) is 4.14. The van der Waals surface area contributed by atoms with Crippen molar-refractivity contribution >= 4 is 28.1 Å². The van der Waals surface area contributed by atoms with Crippen LogP contribution in [-0.4, -0.2) is 36.5 Å². The van der Waals surface area contributed by atoms with E-state index in [1.807, 2.05) is 0 Å². The molecule has 0 aliphatic carbocycles. The molecule has 0 saturated carbocycles. The zero-order chi connectivity index (χ0) is 27.0. The second kappa shape index (κ2) is 9.34. The summed E-state index contributed by atoms with van der Waals surface area (Å²) in [7, 11) is 2.89. The van der Waals surface area contributed by atoms with Gasteiger partial charge in [-0.25, -0.2) is 9.97 Å². The van der Waals surface area contributed by atoms with Gasteiger partial charge >= 0.3 is 12.4 Å². The van der Waals surface area contributed by atoms with Crippen LogP contribution in [-0.2, 0) is 5.41 Å². The number of anilines is 3. The first-order valence-electron chi connectivity index (χ1n) is 10.7. The van der Waals surface area contributed by atoms with Crippen LogP contribution in [0.3, 0.4) is 0 Å². The predicted octanol–water partition coefficient (Wildman–Crippen LogP) is 6.38. The van der Waals surface area contributed by atoms with E-state index in [0.29, 0.717) is 22.4 Å². The van der Waals surface area contributed by atoms with Gasteiger partial charge in [0.25, 0.3) is 0 Å². The maximum Gasteiger partial charge on any atom is 0.411 e.